The maximum atomic E-state index is 11.2. The molecule has 0 saturated heterocycles. The lowest BCUT2D eigenvalue weighted by molar-refractivity contribution is 0.470. The van der Waals surface area contributed by atoms with Crippen LogP contribution in [-0.2, 0) is 10.1 Å². The molecule has 21 heavy (non-hydrogen) atoms. The summed E-state index contributed by atoms with van der Waals surface area (Å²) in [7, 11) is -4.02. The molecular weight excluding hydrogens is 304 g/mol. The van der Waals surface area contributed by atoms with Gasteiger partial charge in [0.15, 0.2) is 0 Å². The van der Waals surface area contributed by atoms with Crippen molar-refractivity contribution in [2.24, 2.45) is 0 Å². The minimum Gasteiger partial charge on any atom is -0.285 e. The highest BCUT2D eigenvalue weighted by Crippen LogP contribution is 2.15. The molecule has 126 valence electrons. The average Bonchev–Trinajstić information content (AvgIpc) is 2.38. The van der Waals surface area contributed by atoms with Crippen LogP contribution in [0.4, 0.5) is 0 Å². The Bertz CT molecular complexity index is 364. The molecule has 5 heteroatoms. The smallest absolute Gasteiger partial charge is 0.272 e. The molecule has 0 spiro atoms. The highest BCUT2D eigenvalue weighted by molar-refractivity contribution is 7.90. The van der Waals surface area contributed by atoms with Crippen LogP contribution in [-0.4, -0.2) is 23.1 Å². The van der Waals surface area contributed by atoms with E-state index in [9.17, 15) is 8.42 Å². The summed E-state index contributed by atoms with van der Waals surface area (Å²) in [5, 5.41) is -0.855. The van der Waals surface area contributed by atoms with Crippen LogP contribution in [0, 0.1) is 0 Å². The van der Waals surface area contributed by atoms with E-state index < -0.39 is 15.4 Å². The Hall–Kier alpha value is -0.0000000000000000763. The van der Waals surface area contributed by atoms with Crippen molar-refractivity contribution in [3.8, 4) is 0 Å². The zero-order chi connectivity index (χ0) is 16.1. The second-order valence-corrected chi connectivity index (χ2v) is 8.18. The van der Waals surface area contributed by atoms with Crippen molar-refractivity contribution >= 4 is 27.2 Å². The molecule has 0 aliphatic carbocycles. The maximum absolute atomic E-state index is 11.2. The van der Waals surface area contributed by atoms with Gasteiger partial charge in [0.1, 0.15) is 5.25 Å². The molecule has 0 aromatic rings. The Morgan fingerprint density at radius 1 is 0.905 bits per heavy atom. The van der Waals surface area contributed by atoms with Gasteiger partial charge in [-0.15, -0.1) is 0 Å². The second-order valence-electron chi connectivity index (χ2n) is 5.94. The quantitative estimate of drug-likeness (QED) is 0.264. The van der Waals surface area contributed by atoms with Crippen molar-refractivity contribution in [3.63, 3.8) is 0 Å². The van der Waals surface area contributed by atoms with E-state index in [1.165, 1.54) is 51.4 Å². The van der Waals surface area contributed by atoms with E-state index in [1.807, 2.05) is 0 Å². The third-order valence-electron chi connectivity index (χ3n) is 3.88. The minimum atomic E-state index is -4.02. The summed E-state index contributed by atoms with van der Waals surface area (Å²) in [6, 6.07) is 0. The first-order valence-electron chi connectivity index (χ1n) is 8.36. The van der Waals surface area contributed by atoms with Gasteiger partial charge in [-0.1, -0.05) is 89.8 Å². The van der Waals surface area contributed by atoms with Gasteiger partial charge in [0.2, 0.25) is 0 Å². The molecule has 3 nitrogen and oxygen atoms in total. The maximum Gasteiger partial charge on any atom is 0.272 e. The third-order valence-corrected chi connectivity index (χ3v) is 5.62. The average molecular weight is 337 g/mol. The first kappa shape index (κ1) is 21.0. The zero-order valence-corrected chi connectivity index (χ0v) is 15.3. The summed E-state index contributed by atoms with van der Waals surface area (Å²) in [6.45, 7) is 3.82. The SMILES string of the molecule is CCCCCCCCCCCCCC(C(C)=S)S(=O)(=O)O. The van der Waals surface area contributed by atoms with Crippen LogP contribution in [0.1, 0.15) is 90.9 Å². The van der Waals surface area contributed by atoms with Crippen molar-refractivity contribution in [1.29, 1.82) is 0 Å². The predicted molar refractivity (Wildman–Crippen MR) is 94.7 cm³/mol. The summed E-state index contributed by atoms with van der Waals surface area (Å²) in [5.74, 6) is 0. The highest BCUT2D eigenvalue weighted by Gasteiger charge is 2.24. The lowest BCUT2D eigenvalue weighted by atomic mass is 10.0. The van der Waals surface area contributed by atoms with E-state index in [2.05, 4.69) is 6.92 Å². The monoisotopic (exact) mass is 336 g/mol. The predicted octanol–water partition coefficient (Wildman–Crippen LogP) is 5.33. The fraction of sp³-hybridized carbons (Fsp3) is 0.938. The number of unbranched alkanes of at least 4 members (excludes halogenated alkanes) is 10. The van der Waals surface area contributed by atoms with Gasteiger partial charge in [-0.2, -0.15) is 8.42 Å². The lowest BCUT2D eigenvalue weighted by Gasteiger charge is -2.12. The second kappa shape index (κ2) is 12.5. The number of hydrogen-bond acceptors (Lipinski definition) is 3. The van der Waals surface area contributed by atoms with Crippen molar-refractivity contribution in [3.05, 3.63) is 0 Å². The van der Waals surface area contributed by atoms with Crippen LogP contribution in [0.15, 0.2) is 0 Å². The van der Waals surface area contributed by atoms with Crippen molar-refractivity contribution in [2.45, 2.75) is 96.1 Å². The summed E-state index contributed by atoms with van der Waals surface area (Å²) in [4.78, 5) is 0.365. The van der Waals surface area contributed by atoms with Gasteiger partial charge in [0.05, 0.1) is 0 Å². The normalized spacial score (nSPS) is 13.3. The standard InChI is InChI=1S/C16H32O3S2/c1-3-4-5-6-7-8-9-10-11-12-13-14-16(15(2)20)21(17,18)19/h16H,3-14H2,1-2H3,(H,17,18,19). The largest absolute Gasteiger partial charge is 0.285 e. The molecule has 0 fully saturated rings. The van der Waals surface area contributed by atoms with Crippen LogP contribution in [0.25, 0.3) is 0 Å². The molecule has 1 N–H and O–H groups in total. The topological polar surface area (TPSA) is 54.4 Å². The highest BCUT2D eigenvalue weighted by atomic mass is 32.2. The first-order chi connectivity index (χ1) is 9.89. The Balaban J connectivity index is 3.49. The van der Waals surface area contributed by atoms with E-state index in [-0.39, 0.29) is 0 Å². The molecule has 0 heterocycles. The lowest BCUT2D eigenvalue weighted by Crippen LogP contribution is -2.26. The molecule has 0 bridgehead atoms. The Labute approximate surface area is 136 Å². The van der Waals surface area contributed by atoms with Gasteiger partial charge in [-0.05, 0) is 13.3 Å². The molecular formula is C16H32O3S2. The fourth-order valence-corrected chi connectivity index (χ4v) is 3.92. The third kappa shape index (κ3) is 12.2. The van der Waals surface area contributed by atoms with E-state index in [0.717, 1.165) is 19.3 Å². The van der Waals surface area contributed by atoms with E-state index in [1.54, 1.807) is 6.92 Å². The molecule has 0 aromatic heterocycles. The summed E-state index contributed by atoms with van der Waals surface area (Å²) in [5.41, 5.74) is 0. The molecule has 1 unspecified atom stereocenters. The zero-order valence-electron chi connectivity index (χ0n) is 13.6. The van der Waals surface area contributed by atoms with Crippen molar-refractivity contribution in [2.75, 3.05) is 0 Å². The molecule has 0 saturated carbocycles. The van der Waals surface area contributed by atoms with Crippen molar-refractivity contribution in [1.82, 2.24) is 0 Å². The molecule has 0 radical (unpaired) electrons. The number of hydrogen-bond donors (Lipinski definition) is 1. The number of thiocarbonyl (C=S) groups is 1. The van der Waals surface area contributed by atoms with E-state index in [0.29, 0.717) is 11.3 Å². The van der Waals surface area contributed by atoms with Gasteiger partial charge in [-0.3, -0.25) is 4.55 Å². The fourth-order valence-electron chi connectivity index (χ4n) is 2.56. The molecule has 0 aromatic carbocycles. The van der Waals surface area contributed by atoms with Gasteiger partial charge in [0, 0.05) is 4.86 Å². The van der Waals surface area contributed by atoms with Crippen LogP contribution in [0.2, 0.25) is 0 Å². The van der Waals surface area contributed by atoms with Gasteiger partial charge in [0.25, 0.3) is 10.1 Å². The summed E-state index contributed by atoms with van der Waals surface area (Å²) >= 11 is 4.90. The Kier molecular flexibility index (Phi) is 12.5. The van der Waals surface area contributed by atoms with Crippen LogP contribution >= 0.6 is 12.2 Å². The van der Waals surface area contributed by atoms with Crippen LogP contribution in [0.3, 0.4) is 0 Å². The molecule has 0 aliphatic heterocycles. The molecule has 1 atom stereocenters. The molecule has 0 rings (SSSR count). The minimum absolute atomic E-state index is 0.365. The van der Waals surface area contributed by atoms with Gasteiger partial charge >= 0.3 is 0 Å². The first-order valence-corrected chi connectivity index (χ1v) is 10.3. The van der Waals surface area contributed by atoms with Crippen molar-refractivity contribution < 1.29 is 13.0 Å². The van der Waals surface area contributed by atoms with Crippen LogP contribution in [0.5, 0.6) is 0 Å². The van der Waals surface area contributed by atoms with E-state index in [4.69, 9.17) is 16.8 Å². The van der Waals surface area contributed by atoms with E-state index >= 15 is 0 Å². The molecule has 0 aliphatic rings. The Morgan fingerprint density at radius 2 is 1.29 bits per heavy atom. The van der Waals surface area contributed by atoms with Gasteiger partial charge in [-0.25, -0.2) is 0 Å². The number of rotatable bonds is 14. The van der Waals surface area contributed by atoms with Crippen LogP contribution < -0.4 is 0 Å². The summed E-state index contributed by atoms with van der Waals surface area (Å²) in [6.07, 6.45) is 14.0. The molecule has 0 amide bonds. The summed E-state index contributed by atoms with van der Waals surface area (Å²) < 4.78 is 31.4. The Morgan fingerprint density at radius 3 is 1.62 bits per heavy atom. The van der Waals surface area contributed by atoms with Gasteiger partial charge < -0.3 is 0 Å².